The summed E-state index contributed by atoms with van der Waals surface area (Å²) >= 11 is 9.94. The molecule has 0 aliphatic heterocycles. The SMILES string of the molecule is O=C(Nc1cccc(-n2nnnc2[S-])c1)c1ccccc1S(=O)(=O)[O-].O=C(Nc1cccc(-n2nnnc2[S-])c1)c1ccccc1S(=O)(=O)[O-].[Au+].[K+].[K+].[K+]. The molecule has 18 nitrogen and oxygen atoms in total. The zero-order valence-electron chi connectivity index (χ0n) is 28.0. The first kappa shape index (κ1) is 51.9. The molecule has 54 heavy (non-hydrogen) atoms. The molecule has 2 aromatic heterocycles. The van der Waals surface area contributed by atoms with Gasteiger partial charge in [-0.15, -0.1) is 10.2 Å². The molecule has 0 bridgehead atoms. The van der Waals surface area contributed by atoms with Crippen LogP contribution in [-0.4, -0.2) is 78.2 Å². The molecule has 2 amide bonds. The summed E-state index contributed by atoms with van der Waals surface area (Å²) in [5, 5.41) is 26.9. The third-order valence-corrected chi connectivity index (χ3v) is 8.68. The van der Waals surface area contributed by atoms with Crippen molar-refractivity contribution in [1.29, 1.82) is 0 Å². The predicted octanol–water partition coefficient (Wildman–Crippen LogP) is -7.54. The Labute approximate surface area is 462 Å². The molecule has 0 unspecified atom stereocenters. The van der Waals surface area contributed by atoms with Crippen molar-refractivity contribution in [3.8, 4) is 11.4 Å². The number of hydrogen-bond acceptors (Lipinski definition) is 16. The number of anilines is 2. The van der Waals surface area contributed by atoms with Crippen molar-refractivity contribution in [2.75, 3.05) is 10.6 Å². The molecule has 26 heteroatoms. The van der Waals surface area contributed by atoms with E-state index in [0.717, 1.165) is 12.1 Å². The maximum Gasteiger partial charge on any atom is 1.00 e. The van der Waals surface area contributed by atoms with Gasteiger partial charge in [0.05, 0.1) is 32.3 Å². The van der Waals surface area contributed by atoms with E-state index in [2.05, 4.69) is 41.7 Å². The van der Waals surface area contributed by atoms with Crippen LogP contribution < -0.4 is 165 Å². The zero-order valence-corrected chi connectivity index (χ0v) is 42.8. The van der Waals surface area contributed by atoms with E-state index in [1.807, 2.05) is 0 Å². The van der Waals surface area contributed by atoms with Crippen LogP contribution in [0.5, 0.6) is 0 Å². The first-order chi connectivity index (χ1) is 23.7. The fourth-order valence-electron chi connectivity index (χ4n) is 4.25. The molecule has 6 rings (SSSR count). The average molecular weight is 1070 g/mol. The second-order valence-corrected chi connectivity index (χ2v) is 13.1. The van der Waals surface area contributed by atoms with Gasteiger partial charge in [0.1, 0.15) is 20.2 Å². The molecule has 0 saturated heterocycles. The van der Waals surface area contributed by atoms with Gasteiger partial charge in [-0.1, -0.05) is 36.4 Å². The molecule has 6 aromatic rings. The van der Waals surface area contributed by atoms with E-state index >= 15 is 0 Å². The summed E-state index contributed by atoms with van der Waals surface area (Å²) in [4.78, 5) is 23.6. The number of benzene rings is 4. The van der Waals surface area contributed by atoms with Crippen LogP contribution >= 0.6 is 0 Å². The van der Waals surface area contributed by atoms with Crippen molar-refractivity contribution in [3.05, 3.63) is 108 Å². The minimum atomic E-state index is -4.78. The van der Waals surface area contributed by atoms with Gasteiger partial charge in [-0.05, 0) is 81.5 Å². The molecule has 0 atom stereocenters. The van der Waals surface area contributed by atoms with Crippen LogP contribution in [0.25, 0.3) is 11.4 Å². The third kappa shape index (κ3) is 14.0. The first-order valence-electron chi connectivity index (χ1n) is 13.6. The third-order valence-electron chi connectivity index (χ3n) is 6.38. The normalized spacial score (nSPS) is 10.4. The number of amides is 2. The number of nitrogens with one attached hydrogen (secondary N) is 2. The monoisotopic (exact) mass is 1060 g/mol. The van der Waals surface area contributed by atoms with Crippen LogP contribution in [-0.2, 0) is 67.9 Å². The van der Waals surface area contributed by atoms with Crippen molar-refractivity contribution >= 4 is 68.7 Å². The van der Waals surface area contributed by atoms with E-state index in [0.29, 0.717) is 22.7 Å². The second kappa shape index (κ2) is 23.5. The maximum absolute atomic E-state index is 12.4. The van der Waals surface area contributed by atoms with Crippen molar-refractivity contribution in [2.24, 2.45) is 0 Å². The fraction of sp³-hybridized carbons (Fsp3) is 0. The molecule has 0 spiro atoms. The Morgan fingerprint density at radius 1 is 0.574 bits per heavy atom. The van der Waals surface area contributed by atoms with Crippen LogP contribution in [0.2, 0.25) is 0 Å². The Kier molecular flexibility index (Phi) is 22.5. The van der Waals surface area contributed by atoms with Gasteiger partial charge in [-0.25, -0.2) is 26.2 Å². The number of nitrogens with zero attached hydrogens (tertiary/aromatic N) is 8. The second-order valence-electron chi connectivity index (χ2n) is 9.66. The van der Waals surface area contributed by atoms with Gasteiger partial charge in [0, 0.05) is 21.7 Å². The van der Waals surface area contributed by atoms with Crippen molar-refractivity contribution in [1.82, 2.24) is 40.4 Å². The molecule has 0 fully saturated rings. The van der Waals surface area contributed by atoms with Crippen molar-refractivity contribution < 1.29 is 212 Å². The van der Waals surface area contributed by atoms with Crippen LogP contribution in [0, 0.1) is 0 Å². The quantitative estimate of drug-likeness (QED) is 0.0816. The Balaban J connectivity index is 0.000000503. The van der Waals surface area contributed by atoms with Gasteiger partial charge in [0.25, 0.3) is 11.8 Å². The summed E-state index contributed by atoms with van der Waals surface area (Å²) in [5.41, 5.74) is 1.25. The van der Waals surface area contributed by atoms with Gasteiger partial charge in [-0.2, -0.15) is 0 Å². The number of carbonyl (C=O) groups is 2. The van der Waals surface area contributed by atoms with E-state index in [1.165, 1.54) is 45.8 Å². The number of aromatic nitrogens is 8. The van der Waals surface area contributed by atoms with Gasteiger partial charge < -0.3 is 45.0 Å². The summed E-state index contributed by atoms with van der Waals surface area (Å²) in [7, 11) is -9.55. The number of carbonyl (C=O) groups excluding carboxylic acids is 2. The molecule has 0 aliphatic carbocycles. The summed E-state index contributed by atoms with van der Waals surface area (Å²) in [6.07, 6.45) is 0. The minimum Gasteiger partial charge on any atom is -0.744 e. The number of rotatable bonds is 8. The first-order valence-corrected chi connectivity index (χ1v) is 17.2. The van der Waals surface area contributed by atoms with Gasteiger partial charge >= 0.3 is 177 Å². The van der Waals surface area contributed by atoms with Crippen molar-refractivity contribution in [3.63, 3.8) is 0 Å². The van der Waals surface area contributed by atoms with E-state index in [4.69, 9.17) is 25.3 Å². The largest absolute Gasteiger partial charge is 1.00 e. The van der Waals surface area contributed by atoms with Crippen molar-refractivity contribution in [2.45, 2.75) is 20.1 Å². The summed E-state index contributed by atoms with van der Waals surface area (Å²) in [5.74, 6) is -1.47. The number of hydrogen-bond donors (Lipinski definition) is 2. The van der Waals surface area contributed by atoms with Crippen LogP contribution in [0.15, 0.2) is 117 Å². The molecule has 2 heterocycles. The molecular weight excluding hydrogens is 1050 g/mol. The predicted molar refractivity (Wildman–Crippen MR) is 174 cm³/mol. The molecule has 0 aliphatic rings. The molecule has 4 aromatic carbocycles. The Hall–Kier alpha value is -0.131. The molecule has 2 N–H and O–H groups in total. The smallest absolute Gasteiger partial charge is 0.744 e. The summed E-state index contributed by atoms with van der Waals surface area (Å²) < 4.78 is 70.3. The van der Waals surface area contributed by atoms with Gasteiger partial charge in [0.2, 0.25) is 0 Å². The molecule has 0 radical (unpaired) electrons. The van der Waals surface area contributed by atoms with Crippen LogP contribution in [0.1, 0.15) is 20.7 Å². The standard InChI is InChI=1S/2C14H11N5O4S2.Au.3K/c2*20-13(11-6-1-2-7-12(11)25(21,22)23)15-9-4-3-5-10(8-9)19-14(24)16-17-18-19;;;;/h2*1-8H,(H,15,20)(H,16,18,24)(H,21,22,23);;;;/q;;4*+1/p-4. The Morgan fingerprint density at radius 2 is 0.926 bits per heavy atom. The van der Waals surface area contributed by atoms with E-state index in [-0.39, 0.29) is 198 Å². The molecular formula is C28H18AuK3N10O8S4. The van der Waals surface area contributed by atoms with E-state index < -0.39 is 41.8 Å². The van der Waals surface area contributed by atoms with E-state index in [9.17, 15) is 35.5 Å². The topological polar surface area (TPSA) is 260 Å². The fourth-order valence-corrected chi connectivity index (χ4v) is 5.96. The van der Waals surface area contributed by atoms with Crippen LogP contribution in [0.3, 0.4) is 0 Å². The van der Waals surface area contributed by atoms with Gasteiger partial charge in [0.15, 0.2) is 0 Å². The maximum atomic E-state index is 12.4. The molecule has 0 saturated carbocycles. The Bertz CT molecular complexity index is 2290. The molecule has 266 valence electrons. The zero-order chi connectivity index (χ0) is 36.1. The summed E-state index contributed by atoms with van der Waals surface area (Å²) in [6, 6.07) is 23.2. The average Bonchev–Trinajstić information content (AvgIpc) is 3.72. The van der Waals surface area contributed by atoms with E-state index in [1.54, 1.807) is 48.5 Å². The minimum absolute atomic E-state index is 0. The van der Waals surface area contributed by atoms with Gasteiger partial charge in [-0.3, -0.25) is 9.59 Å². The number of tetrazole rings is 2. The summed E-state index contributed by atoms with van der Waals surface area (Å²) in [6.45, 7) is 0. The van der Waals surface area contributed by atoms with Crippen LogP contribution in [0.4, 0.5) is 11.4 Å². The Morgan fingerprint density at radius 3 is 1.24 bits per heavy atom.